The molecule has 5 nitrogen and oxygen atoms in total. The van der Waals surface area contributed by atoms with Gasteiger partial charge in [-0.25, -0.2) is 4.68 Å². The van der Waals surface area contributed by atoms with Gasteiger partial charge in [-0.1, -0.05) is 18.2 Å². The first kappa shape index (κ1) is 13.3. The van der Waals surface area contributed by atoms with Gasteiger partial charge in [0.15, 0.2) is 0 Å². The fourth-order valence-corrected chi connectivity index (χ4v) is 2.58. The van der Waals surface area contributed by atoms with Crippen molar-refractivity contribution in [1.82, 2.24) is 14.8 Å². The zero-order valence-corrected chi connectivity index (χ0v) is 11.9. The Kier molecular flexibility index (Phi) is 3.17. The summed E-state index contributed by atoms with van der Waals surface area (Å²) in [6.45, 7) is 3.73. The lowest BCUT2D eigenvalue weighted by Gasteiger charge is -2.08. The summed E-state index contributed by atoms with van der Waals surface area (Å²) in [6.07, 6.45) is 1.73. The van der Waals surface area contributed by atoms with Crippen molar-refractivity contribution in [3.8, 4) is 5.69 Å². The van der Waals surface area contributed by atoms with Crippen LogP contribution in [-0.2, 0) is 11.2 Å². The molecule has 0 amide bonds. The third-order valence-corrected chi connectivity index (χ3v) is 3.62. The molecule has 5 heteroatoms. The minimum atomic E-state index is -0.847. The van der Waals surface area contributed by atoms with Crippen molar-refractivity contribution >= 4 is 16.9 Å². The quantitative estimate of drug-likeness (QED) is 0.801. The summed E-state index contributed by atoms with van der Waals surface area (Å²) in [4.78, 5) is 15.3. The van der Waals surface area contributed by atoms with Gasteiger partial charge in [0.05, 0.1) is 23.3 Å². The van der Waals surface area contributed by atoms with Crippen LogP contribution in [0.5, 0.6) is 0 Å². The van der Waals surface area contributed by atoms with E-state index >= 15 is 0 Å². The minimum absolute atomic E-state index is 0.0132. The molecule has 0 atom stereocenters. The van der Waals surface area contributed by atoms with Crippen LogP contribution in [-0.4, -0.2) is 25.8 Å². The van der Waals surface area contributed by atoms with E-state index in [0.29, 0.717) is 0 Å². The molecule has 0 unspecified atom stereocenters. The van der Waals surface area contributed by atoms with E-state index in [2.05, 4.69) is 10.1 Å². The van der Waals surface area contributed by atoms with E-state index in [1.807, 2.05) is 44.2 Å². The number of nitrogens with zero attached hydrogens (tertiary/aromatic N) is 3. The molecule has 0 saturated heterocycles. The van der Waals surface area contributed by atoms with Crippen LogP contribution in [0, 0.1) is 13.8 Å². The number of aryl methyl sites for hydroxylation is 1. The molecular weight excluding hydrogens is 266 g/mol. The highest BCUT2D eigenvalue weighted by molar-refractivity contribution is 5.86. The molecule has 0 bridgehead atoms. The number of carboxylic acid groups (broad SMARTS) is 1. The van der Waals surface area contributed by atoms with Crippen LogP contribution >= 0.6 is 0 Å². The summed E-state index contributed by atoms with van der Waals surface area (Å²) in [5, 5.41) is 14.5. The van der Waals surface area contributed by atoms with Gasteiger partial charge in [0.25, 0.3) is 0 Å². The van der Waals surface area contributed by atoms with E-state index in [9.17, 15) is 4.79 Å². The van der Waals surface area contributed by atoms with Gasteiger partial charge in [-0.15, -0.1) is 0 Å². The van der Waals surface area contributed by atoms with Crippen LogP contribution in [0.2, 0.25) is 0 Å². The fraction of sp³-hybridized carbons (Fsp3) is 0.188. The number of carboxylic acids is 1. The fourth-order valence-electron chi connectivity index (χ4n) is 2.58. The molecule has 3 aromatic rings. The Balaban J connectivity index is 2.22. The largest absolute Gasteiger partial charge is 0.481 e. The second kappa shape index (κ2) is 5.01. The Hall–Kier alpha value is -2.69. The molecular formula is C16H15N3O2. The molecule has 2 heterocycles. The maximum atomic E-state index is 11.0. The predicted octanol–water partition coefficient (Wildman–Crippen LogP) is 2.66. The average molecular weight is 281 g/mol. The molecule has 0 aliphatic carbocycles. The van der Waals surface area contributed by atoms with Gasteiger partial charge in [0.1, 0.15) is 0 Å². The number of hydrogen-bond donors (Lipinski definition) is 1. The first-order valence-corrected chi connectivity index (χ1v) is 6.69. The molecule has 0 spiro atoms. The van der Waals surface area contributed by atoms with Crippen molar-refractivity contribution in [1.29, 1.82) is 0 Å². The second-order valence-electron chi connectivity index (χ2n) is 4.98. The smallest absolute Gasteiger partial charge is 0.307 e. The maximum Gasteiger partial charge on any atom is 0.307 e. The van der Waals surface area contributed by atoms with Crippen molar-refractivity contribution in [2.45, 2.75) is 20.3 Å². The van der Waals surface area contributed by atoms with Gasteiger partial charge >= 0.3 is 5.97 Å². The van der Waals surface area contributed by atoms with Crippen LogP contribution in [0.15, 0.2) is 36.5 Å². The lowest BCUT2D eigenvalue weighted by atomic mass is 10.1. The third kappa shape index (κ3) is 2.27. The van der Waals surface area contributed by atoms with E-state index < -0.39 is 5.97 Å². The zero-order valence-electron chi connectivity index (χ0n) is 11.9. The first-order valence-electron chi connectivity index (χ1n) is 6.69. The molecule has 0 aliphatic heterocycles. The number of benzene rings is 1. The molecule has 3 rings (SSSR count). The average Bonchev–Trinajstić information content (AvgIpc) is 2.74. The summed E-state index contributed by atoms with van der Waals surface area (Å²) >= 11 is 0. The third-order valence-electron chi connectivity index (χ3n) is 3.62. The Labute approximate surface area is 121 Å². The number of carbonyl (C=O) groups is 1. The van der Waals surface area contributed by atoms with Gasteiger partial charge in [-0.05, 0) is 26.0 Å². The number of hydrogen-bond acceptors (Lipinski definition) is 3. The van der Waals surface area contributed by atoms with E-state index in [0.717, 1.165) is 33.5 Å². The Bertz CT molecular complexity index is 831. The summed E-state index contributed by atoms with van der Waals surface area (Å²) in [7, 11) is 0. The molecule has 1 N–H and O–H groups in total. The summed E-state index contributed by atoms with van der Waals surface area (Å²) in [6, 6.07) is 9.73. The van der Waals surface area contributed by atoms with Crippen molar-refractivity contribution in [3.05, 3.63) is 53.5 Å². The number of pyridine rings is 1. The number of fused-ring (bicyclic) bond motifs is 1. The SMILES string of the molecule is Cc1nn(-c2ccnc3ccccc23)c(C)c1CC(=O)O. The number of aromatic nitrogens is 3. The van der Waals surface area contributed by atoms with Gasteiger partial charge < -0.3 is 5.11 Å². The van der Waals surface area contributed by atoms with Gasteiger partial charge in [0, 0.05) is 22.8 Å². The van der Waals surface area contributed by atoms with Gasteiger partial charge in [-0.2, -0.15) is 5.10 Å². The Morgan fingerprint density at radius 3 is 2.76 bits per heavy atom. The number of aliphatic carboxylic acids is 1. The lowest BCUT2D eigenvalue weighted by molar-refractivity contribution is -0.136. The van der Waals surface area contributed by atoms with E-state index in [1.54, 1.807) is 10.9 Å². The molecule has 0 radical (unpaired) electrons. The summed E-state index contributed by atoms with van der Waals surface area (Å²) in [5.41, 5.74) is 4.17. The molecule has 1 aromatic carbocycles. The number of rotatable bonds is 3. The second-order valence-corrected chi connectivity index (χ2v) is 4.98. The van der Waals surface area contributed by atoms with Crippen LogP contribution < -0.4 is 0 Å². The van der Waals surface area contributed by atoms with Crippen molar-refractivity contribution in [2.75, 3.05) is 0 Å². The first-order chi connectivity index (χ1) is 10.1. The topological polar surface area (TPSA) is 68.0 Å². The molecule has 0 saturated carbocycles. The molecule has 0 aliphatic rings. The van der Waals surface area contributed by atoms with Crippen LogP contribution in [0.4, 0.5) is 0 Å². The summed E-state index contributed by atoms with van der Waals surface area (Å²) in [5.74, 6) is -0.847. The lowest BCUT2D eigenvalue weighted by Crippen LogP contribution is -2.04. The summed E-state index contributed by atoms with van der Waals surface area (Å²) < 4.78 is 1.80. The van der Waals surface area contributed by atoms with Crippen LogP contribution in [0.25, 0.3) is 16.6 Å². The van der Waals surface area contributed by atoms with E-state index in [1.165, 1.54) is 0 Å². The highest BCUT2D eigenvalue weighted by atomic mass is 16.4. The van der Waals surface area contributed by atoms with E-state index in [-0.39, 0.29) is 6.42 Å². The Morgan fingerprint density at radius 1 is 1.24 bits per heavy atom. The zero-order chi connectivity index (χ0) is 15.0. The standard InChI is InChI=1S/C16H15N3O2/c1-10-13(9-16(20)21)11(2)19(18-10)15-7-8-17-14-6-4-3-5-12(14)15/h3-8H,9H2,1-2H3,(H,20,21). The Morgan fingerprint density at radius 2 is 2.00 bits per heavy atom. The van der Waals surface area contributed by atoms with Crippen LogP contribution in [0.1, 0.15) is 17.0 Å². The van der Waals surface area contributed by atoms with E-state index in [4.69, 9.17) is 5.11 Å². The predicted molar refractivity (Wildman–Crippen MR) is 79.7 cm³/mol. The highest BCUT2D eigenvalue weighted by Crippen LogP contribution is 2.24. The van der Waals surface area contributed by atoms with Crippen molar-refractivity contribution < 1.29 is 9.90 Å². The highest BCUT2D eigenvalue weighted by Gasteiger charge is 2.16. The van der Waals surface area contributed by atoms with Gasteiger partial charge in [0.2, 0.25) is 0 Å². The van der Waals surface area contributed by atoms with Crippen molar-refractivity contribution in [2.24, 2.45) is 0 Å². The monoisotopic (exact) mass is 281 g/mol. The normalized spacial score (nSPS) is 11.0. The van der Waals surface area contributed by atoms with Crippen LogP contribution in [0.3, 0.4) is 0 Å². The maximum absolute atomic E-state index is 11.0. The minimum Gasteiger partial charge on any atom is -0.481 e. The molecule has 0 fully saturated rings. The van der Waals surface area contributed by atoms with Gasteiger partial charge in [-0.3, -0.25) is 9.78 Å². The molecule has 21 heavy (non-hydrogen) atoms. The molecule has 106 valence electrons. The molecule has 2 aromatic heterocycles. The number of para-hydroxylation sites is 1. The van der Waals surface area contributed by atoms with Crippen molar-refractivity contribution in [3.63, 3.8) is 0 Å².